The molecule has 0 saturated heterocycles. The Morgan fingerprint density at radius 1 is 0.935 bits per heavy atom. The number of hydrogen-bond donors (Lipinski definition) is 1. The van der Waals surface area contributed by atoms with Gasteiger partial charge < -0.3 is 10.5 Å². The zero-order valence-corrected chi connectivity index (χ0v) is 17.1. The predicted octanol–water partition coefficient (Wildman–Crippen LogP) is 3.89. The molecule has 0 fully saturated rings. The van der Waals surface area contributed by atoms with E-state index in [4.69, 9.17) is 20.7 Å². The van der Waals surface area contributed by atoms with Crippen molar-refractivity contribution in [3.05, 3.63) is 101 Å². The summed E-state index contributed by atoms with van der Waals surface area (Å²) in [5, 5.41) is 19.3. The van der Waals surface area contributed by atoms with Crippen LogP contribution in [0.5, 0.6) is 5.88 Å². The van der Waals surface area contributed by atoms with Gasteiger partial charge in [-0.3, -0.25) is 0 Å². The Labute approximate surface area is 179 Å². The van der Waals surface area contributed by atoms with Crippen molar-refractivity contribution >= 4 is 0 Å². The number of hydrogen-bond acceptors (Lipinski definition) is 5. The number of benzene rings is 2. The lowest BCUT2D eigenvalue weighted by Gasteiger charge is -2.24. The van der Waals surface area contributed by atoms with E-state index < -0.39 is 5.92 Å². The van der Waals surface area contributed by atoms with Crippen molar-refractivity contribution in [2.45, 2.75) is 19.8 Å². The van der Waals surface area contributed by atoms with Gasteiger partial charge in [-0.2, -0.15) is 15.5 Å². The van der Waals surface area contributed by atoms with Gasteiger partial charge in [0.25, 0.3) is 0 Å². The smallest absolute Gasteiger partial charge is 0.229 e. The van der Waals surface area contributed by atoms with Gasteiger partial charge in [0, 0.05) is 11.8 Å². The van der Waals surface area contributed by atoms with Crippen LogP contribution >= 0.6 is 0 Å². The molecule has 0 radical (unpaired) electrons. The standard InChI is InChI=1S/C24H20N6O/c1-15-20(14-29(27-15)17-9-5-3-6-10-17)22-19(13-25)23(26)31-24-21(22)16(2)28-30(24)18-11-7-4-8-12-18/h3-12,14,22H,26H2,1-2H3. The fraction of sp³-hybridized carbons (Fsp3) is 0.125. The third kappa shape index (κ3) is 2.97. The van der Waals surface area contributed by atoms with E-state index in [0.717, 1.165) is 33.9 Å². The van der Waals surface area contributed by atoms with Crippen molar-refractivity contribution in [2.75, 3.05) is 0 Å². The highest BCUT2D eigenvalue weighted by molar-refractivity contribution is 5.57. The summed E-state index contributed by atoms with van der Waals surface area (Å²) < 4.78 is 9.49. The Bertz CT molecular complexity index is 1340. The van der Waals surface area contributed by atoms with Crippen LogP contribution in [-0.2, 0) is 0 Å². The van der Waals surface area contributed by atoms with Gasteiger partial charge in [-0.05, 0) is 38.1 Å². The first kappa shape index (κ1) is 18.7. The Kier molecular flexibility index (Phi) is 4.33. The number of nitriles is 1. The van der Waals surface area contributed by atoms with Gasteiger partial charge in [-0.1, -0.05) is 36.4 Å². The summed E-state index contributed by atoms with van der Waals surface area (Å²) in [6.07, 6.45) is 1.95. The van der Waals surface area contributed by atoms with Gasteiger partial charge in [-0.25, -0.2) is 9.36 Å². The molecule has 1 unspecified atom stereocenters. The molecule has 0 saturated carbocycles. The molecule has 2 aromatic carbocycles. The highest BCUT2D eigenvalue weighted by Crippen LogP contribution is 2.45. The first-order valence-corrected chi connectivity index (χ1v) is 9.92. The minimum Gasteiger partial charge on any atom is -0.422 e. The maximum absolute atomic E-state index is 9.93. The average molecular weight is 408 g/mol. The van der Waals surface area contributed by atoms with E-state index in [2.05, 4.69) is 6.07 Å². The third-order valence-corrected chi connectivity index (χ3v) is 5.50. The lowest BCUT2D eigenvalue weighted by atomic mass is 9.84. The van der Waals surface area contributed by atoms with Gasteiger partial charge >= 0.3 is 0 Å². The monoisotopic (exact) mass is 408 g/mol. The lowest BCUT2D eigenvalue weighted by molar-refractivity contribution is 0.367. The maximum Gasteiger partial charge on any atom is 0.229 e. The highest BCUT2D eigenvalue weighted by Gasteiger charge is 2.37. The Morgan fingerprint density at radius 3 is 2.23 bits per heavy atom. The largest absolute Gasteiger partial charge is 0.422 e. The van der Waals surface area contributed by atoms with Crippen LogP contribution in [-0.4, -0.2) is 19.6 Å². The maximum atomic E-state index is 9.93. The van der Waals surface area contributed by atoms with E-state index in [1.165, 1.54) is 0 Å². The van der Waals surface area contributed by atoms with Gasteiger partial charge in [0.05, 0.1) is 34.2 Å². The van der Waals surface area contributed by atoms with Crippen molar-refractivity contribution in [3.8, 4) is 23.3 Å². The molecule has 7 nitrogen and oxygen atoms in total. The van der Waals surface area contributed by atoms with Crippen LogP contribution < -0.4 is 10.5 Å². The second kappa shape index (κ2) is 7.18. The van der Waals surface area contributed by atoms with Gasteiger partial charge in [0.1, 0.15) is 11.6 Å². The normalized spacial score (nSPS) is 15.3. The number of aryl methyl sites for hydroxylation is 2. The third-order valence-electron chi connectivity index (χ3n) is 5.50. The van der Waals surface area contributed by atoms with Crippen LogP contribution in [0.15, 0.2) is 78.3 Å². The van der Waals surface area contributed by atoms with Crippen molar-refractivity contribution in [1.82, 2.24) is 19.6 Å². The fourth-order valence-corrected chi connectivity index (χ4v) is 4.04. The number of nitrogens with zero attached hydrogens (tertiary/aromatic N) is 5. The summed E-state index contributed by atoms with van der Waals surface area (Å²) in [7, 11) is 0. The molecule has 2 N–H and O–H groups in total. The number of nitrogens with two attached hydrogens (primary N) is 1. The van der Waals surface area contributed by atoms with Crippen molar-refractivity contribution in [2.24, 2.45) is 5.73 Å². The second-order valence-electron chi connectivity index (χ2n) is 7.43. The summed E-state index contributed by atoms with van der Waals surface area (Å²) in [5.41, 5.74) is 11.7. The molecular weight excluding hydrogens is 388 g/mol. The summed E-state index contributed by atoms with van der Waals surface area (Å²) in [6.45, 7) is 3.86. The number of aromatic nitrogens is 4. The zero-order chi connectivity index (χ0) is 21.5. The topological polar surface area (TPSA) is 94.7 Å². The second-order valence-corrected chi connectivity index (χ2v) is 7.43. The van der Waals surface area contributed by atoms with Crippen molar-refractivity contribution in [1.29, 1.82) is 5.26 Å². The molecule has 4 aromatic rings. The molecule has 5 rings (SSSR count). The van der Waals surface area contributed by atoms with Crippen LogP contribution in [0.4, 0.5) is 0 Å². The summed E-state index contributed by atoms with van der Waals surface area (Å²) >= 11 is 0. The minimum absolute atomic E-state index is 0.0870. The Morgan fingerprint density at radius 2 is 1.58 bits per heavy atom. The lowest BCUT2D eigenvalue weighted by Crippen LogP contribution is -2.22. The zero-order valence-electron chi connectivity index (χ0n) is 17.1. The van der Waals surface area contributed by atoms with E-state index in [0.29, 0.717) is 11.5 Å². The first-order chi connectivity index (χ1) is 15.1. The van der Waals surface area contributed by atoms with Gasteiger partial charge in [-0.15, -0.1) is 0 Å². The number of ether oxygens (including phenoxy) is 1. The molecule has 2 aromatic heterocycles. The molecule has 7 heteroatoms. The number of para-hydroxylation sites is 2. The molecule has 0 spiro atoms. The molecule has 1 aliphatic rings. The Balaban J connectivity index is 1.71. The van der Waals surface area contributed by atoms with Crippen LogP contribution in [0, 0.1) is 25.2 Å². The van der Waals surface area contributed by atoms with Gasteiger partial charge in [0.2, 0.25) is 11.8 Å². The van der Waals surface area contributed by atoms with Crippen LogP contribution in [0.25, 0.3) is 11.4 Å². The molecule has 0 bridgehead atoms. The van der Waals surface area contributed by atoms with Crippen LogP contribution in [0.2, 0.25) is 0 Å². The molecule has 0 amide bonds. The quantitative estimate of drug-likeness (QED) is 0.555. The molecule has 31 heavy (non-hydrogen) atoms. The van der Waals surface area contributed by atoms with E-state index in [1.807, 2.05) is 85.4 Å². The van der Waals surface area contributed by atoms with Crippen LogP contribution in [0.1, 0.15) is 28.4 Å². The van der Waals surface area contributed by atoms with E-state index in [-0.39, 0.29) is 5.88 Å². The molecule has 1 aliphatic heterocycles. The summed E-state index contributed by atoms with van der Waals surface area (Å²) in [4.78, 5) is 0. The van der Waals surface area contributed by atoms with E-state index in [1.54, 1.807) is 4.68 Å². The minimum atomic E-state index is -0.413. The number of rotatable bonds is 3. The summed E-state index contributed by atoms with van der Waals surface area (Å²) in [6, 6.07) is 21.8. The van der Waals surface area contributed by atoms with E-state index in [9.17, 15) is 5.26 Å². The molecule has 0 aliphatic carbocycles. The van der Waals surface area contributed by atoms with Crippen molar-refractivity contribution in [3.63, 3.8) is 0 Å². The molecule has 3 heterocycles. The molecule has 152 valence electrons. The predicted molar refractivity (Wildman–Crippen MR) is 116 cm³/mol. The van der Waals surface area contributed by atoms with Gasteiger partial charge in [0.15, 0.2) is 0 Å². The molecule has 1 atom stereocenters. The van der Waals surface area contributed by atoms with Crippen LogP contribution in [0.3, 0.4) is 0 Å². The first-order valence-electron chi connectivity index (χ1n) is 9.92. The fourth-order valence-electron chi connectivity index (χ4n) is 4.04. The SMILES string of the molecule is Cc1nn(-c2ccccc2)cc1C1C(C#N)=C(N)Oc2c1c(C)nn2-c1ccccc1. The van der Waals surface area contributed by atoms with Crippen molar-refractivity contribution < 1.29 is 4.74 Å². The molecular formula is C24H20N6O. The summed E-state index contributed by atoms with van der Waals surface area (Å²) in [5.74, 6) is 0.199. The number of allylic oxidation sites excluding steroid dienone is 1. The highest BCUT2D eigenvalue weighted by atomic mass is 16.5. The average Bonchev–Trinajstić information content (AvgIpc) is 3.34. The number of fused-ring (bicyclic) bond motifs is 1. The Hall–Kier alpha value is -4.31. The van der Waals surface area contributed by atoms with E-state index >= 15 is 0 Å².